The van der Waals surface area contributed by atoms with Crippen LogP contribution in [0.3, 0.4) is 0 Å². The Morgan fingerprint density at radius 2 is 1.80 bits per heavy atom. The summed E-state index contributed by atoms with van der Waals surface area (Å²) in [7, 11) is 1.68. The molecule has 2 aromatic rings. The van der Waals surface area contributed by atoms with Crippen molar-refractivity contribution in [3.8, 4) is 5.75 Å². The highest BCUT2D eigenvalue weighted by atomic mass is 16.5. The summed E-state index contributed by atoms with van der Waals surface area (Å²) in [5.41, 5.74) is 9.46. The maximum Gasteiger partial charge on any atom is 0.125 e. The smallest absolute Gasteiger partial charge is 0.125 e. The fraction of sp³-hybridized carbons (Fsp3) is 0.294. The van der Waals surface area contributed by atoms with Gasteiger partial charge in [-0.1, -0.05) is 24.3 Å². The van der Waals surface area contributed by atoms with Crippen molar-refractivity contribution in [3.63, 3.8) is 0 Å². The van der Waals surface area contributed by atoms with E-state index in [2.05, 4.69) is 30.0 Å². The van der Waals surface area contributed by atoms with Crippen LogP contribution in [-0.4, -0.2) is 13.7 Å². The molecule has 0 saturated heterocycles. The average Bonchev–Trinajstić information content (AvgIpc) is 2.48. The van der Waals surface area contributed by atoms with Crippen molar-refractivity contribution in [1.82, 2.24) is 0 Å². The molecule has 2 rings (SSSR count). The lowest BCUT2D eigenvalue weighted by atomic mass is 10.0. The van der Waals surface area contributed by atoms with Gasteiger partial charge in [0.2, 0.25) is 0 Å². The summed E-state index contributed by atoms with van der Waals surface area (Å²) in [6.45, 7) is 4.99. The van der Waals surface area contributed by atoms with Crippen molar-refractivity contribution in [2.75, 3.05) is 18.6 Å². The predicted octanol–water partition coefficient (Wildman–Crippen LogP) is 3.87. The summed E-state index contributed by atoms with van der Waals surface area (Å²) in [6.07, 6.45) is 0. The fourth-order valence-corrected chi connectivity index (χ4v) is 2.50. The molecule has 0 aromatic heterocycles. The molecule has 0 aliphatic rings. The maximum absolute atomic E-state index is 6.15. The average molecular weight is 270 g/mol. The van der Waals surface area contributed by atoms with Crippen LogP contribution in [0.5, 0.6) is 5.75 Å². The van der Waals surface area contributed by atoms with E-state index in [1.165, 1.54) is 0 Å². The van der Waals surface area contributed by atoms with Crippen LogP contribution < -0.4 is 15.4 Å². The van der Waals surface area contributed by atoms with Gasteiger partial charge in [0, 0.05) is 29.5 Å². The van der Waals surface area contributed by atoms with Crippen LogP contribution in [0.4, 0.5) is 11.4 Å². The van der Waals surface area contributed by atoms with Gasteiger partial charge in [-0.25, -0.2) is 0 Å². The summed E-state index contributed by atoms with van der Waals surface area (Å²) in [5.74, 6) is 0.840. The number of para-hydroxylation sites is 1. The number of nitrogens with two attached hydrogens (primary N) is 1. The van der Waals surface area contributed by atoms with Gasteiger partial charge in [-0.2, -0.15) is 0 Å². The zero-order chi connectivity index (χ0) is 14.5. The largest absolute Gasteiger partial charge is 0.496 e. The minimum Gasteiger partial charge on any atom is -0.496 e. The SMILES string of the molecule is CCN(c1ccccc1)c1cccc(OC)c1[C@@H](C)N. The number of rotatable bonds is 5. The van der Waals surface area contributed by atoms with E-state index in [9.17, 15) is 0 Å². The molecule has 3 nitrogen and oxygen atoms in total. The van der Waals surface area contributed by atoms with Crippen molar-refractivity contribution >= 4 is 11.4 Å². The van der Waals surface area contributed by atoms with Crippen LogP contribution in [-0.2, 0) is 0 Å². The Hall–Kier alpha value is -2.00. The zero-order valence-electron chi connectivity index (χ0n) is 12.3. The molecule has 0 aliphatic carbocycles. The van der Waals surface area contributed by atoms with E-state index in [-0.39, 0.29) is 6.04 Å². The number of benzene rings is 2. The number of methoxy groups -OCH3 is 1. The van der Waals surface area contributed by atoms with Crippen molar-refractivity contribution in [1.29, 1.82) is 0 Å². The number of hydrogen-bond donors (Lipinski definition) is 1. The Balaban J connectivity index is 2.55. The summed E-state index contributed by atoms with van der Waals surface area (Å²) in [5, 5.41) is 0. The van der Waals surface area contributed by atoms with Gasteiger partial charge in [0.15, 0.2) is 0 Å². The predicted molar refractivity (Wildman–Crippen MR) is 84.7 cm³/mol. The molecule has 0 aliphatic heterocycles. The van der Waals surface area contributed by atoms with Gasteiger partial charge in [0.05, 0.1) is 7.11 Å². The first-order valence-corrected chi connectivity index (χ1v) is 6.94. The minimum absolute atomic E-state index is 0.0843. The van der Waals surface area contributed by atoms with Gasteiger partial charge >= 0.3 is 0 Å². The first kappa shape index (κ1) is 14.4. The monoisotopic (exact) mass is 270 g/mol. The van der Waals surface area contributed by atoms with Crippen LogP contribution in [0, 0.1) is 0 Å². The highest BCUT2D eigenvalue weighted by Gasteiger charge is 2.18. The Bertz CT molecular complexity index is 552. The lowest BCUT2D eigenvalue weighted by Gasteiger charge is -2.28. The molecular weight excluding hydrogens is 248 g/mol. The molecule has 0 saturated carbocycles. The molecule has 2 N–H and O–H groups in total. The van der Waals surface area contributed by atoms with Crippen LogP contribution in [0.1, 0.15) is 25.5 Å². The normalized spacial score (nSPS) is 12.0. The van der Waals surface area contributed by atoms with E-state index in [4.69, 9.17) is 10.5 Å². The number of ether oxygens (including phenoxy) is 1. The molecule has 106 valence electrons. The molecule has 1 atom stereocenters. The Morgan fingerprint density at radius 1 is 1.10 bits per heavy atom. The highest BCUT2D eigenvalue weighted by molar-refractivity contribution is 5.69. The molecule has 0 amide bonds. The minimum atomic E-state index is -0.0843. The first-order valence-electron chi connectivity index (χ1n) is 6.94. The van der Waals surface area contributed by atoms with Gasteiger partial charge in [0.1, 0.15) is 5.75 Å². The molecule has 2 aromatic carbocycles. The Labute approximate surface area is 121 Å². The second-order valence-electron chi connectivity index (χ2n) is 4.76. The molecule has 0 spiro atoms. The molecular formula is C17H22N2O. The van der Waals surface area contributed by atoms with Crippen molar-refractivity contribution in [2.45, 2.75) is 19.9 Å². The number of nitrogens with zero attached hydrogens (tertiary/aromatic N) is 1. The lowest BCUT2D eigenvalue weighted by Crippen LogP contribution is -2.20. The van der Waals surface area contributed by atoms with Crippen LogP contribution in [0.2, 0.25) is 0 Å². The topological polar surface area (TPSA) is 38.5 Å². The lowest BCUT2D eigenvalue weighted by molar-refractivity contribution is 0.407. The van der Waals surface area contributed by atoms with Crippen molar-refractivity contribution < 1.29 is 4.74 Å². The van der Waals surface area contributed by atoms with E-state index in [0.717, 1.165) is 29.2 Å². The van der Waals surface area contributed by atoms with Gasteiger partial charge in [-0.15, -0.1) is 0 Å². The fourth-order valence-electron chi connectivity index (χ4n) is 2.50. The zero-order valence-corrected chi connectivity index (χ0v) is 12.3. The summed E-state index contributed by atoms with van der Waals surface area (Å²) in [4.78, 5) is 2.25. The van der Waals surface area contributed by atoms with Crippen molar-refractivity contribution in [3.05, 3.63) is 54.1 Å². The van der Waals surface area contributed by atoms with Crippen molar-refractivity contribution in [2.24, 2.45) is 5.73 Å². The van der Waals surface area contributed by atoms with Crippen LogP contribution in [0.25, 0.3) is 0 Å². The third-order valence-corrected chi connectivity index (χ3v) is 3.39. The first-order chi connectivity index (χ1) is 9.69. The second-order valence-corrected chi connectivity index (χ2v) is 4.76. The molecule has 0 fully saturated rings. The molecule has 0 bridgehead atoms. The van der Waals surface area contributed by atoms with Gasteiger partial charge in [0.25, 0.3) is 0 Å². The summed E-state index contributed by atoms with van der Waals surface area (Å²) < 4.78 is 5.47. The van der Waals surface area contributed by atoms with E-state index < -0.39 is 0 Å². The number of hydrogen-bond acceptors (Lipinski definition) is 3. The molecule has 3 heteroatoms. The maximum atomic E-state index is 6.15. The summed E-state index contributed by atoms with van der Waals surface area (Å²) >= 11 is 0. The van der Waals surface area contributed by atoms with Gasteiger partial charge < -0.3 is 15.4 Å². The Kier molecular flexibility index (Phi) is 4.64. The third kappa shape index (κ3) is 2.78. The third-order valence-electron chi connectivity index (χ3n) is 3.39. The quantitative estimate of drug-likeness (QED) is 0.896. The Morgan fingerprint density at radius 3 is 2.35 bits per heavy atom. The molecule has 0 heterocycles. The van der Waals surface area contributed by atoms with E-state index in [1.54, 1.807) is 7.11 Å². The second kappa shape index (κ2) is 6.44. The van der Waals surface area contributed by atoms with Crippen LogP contribution in [0.15, 0.2) is 48.5 Å². The van der Waals surface area contributed by atoms with E-state index in [0.29, 0.717) is 0 Å². The number of anilines is 2. The molecule has 0 radical (unpaired) electrons. The van der Waals surface area contributed by atoms with E-state index in [1.807, 2.05) is 37.3 Å². The van der Waals surface area contributed by atoms with Gasteiger partial charge in [-0.3, -0.25) is 0 Å². The highest BCUT2D eigenvalue weighted by Crippen LogP contribution is 2.36. The summed E-state index contributed by atoms with van der Waals surface area (Å²) in [6, 6.07) is 16.3. The van der Waals surface area contributed by atoms with E-state index >= 15 is 0 Å². The van der Waals surface area contributed by atoms with Crippen LogP contribution >= 0.6 is 0 Å². The molecule has 0 unspecified atom stereocenters. The standard InChI is InChI=1S/C17H22N2O/c1-4-19(14-9-6-5-7-10-14)15-11-8-12-16(20-3)17(15)13(2)18/h5-13H,4,18H2,1-3H3/t13-/m1/s1. The molecule has 20 heavy (non-hydrogen) atoms. The van der Waals surface area contributed by atoms with Gasteiger partial charge in [-0.05, 0) is 38.1 Å².